The summed E-state index contributed by atoms with van der Waals surface area (Å²) >= 11 is 0. The number of hydrogen-bond acceptors (Lipinski definition) is 3. The van der Waals surface area contributed by atoms with Gasteiger partial charge in [0.05, 0.1) is 25.4 Å². The number of para-hydroxylation sites is 1. The van der Waals surface area contributed by atoms with Crippen LogP contribution in [0.1, 0.15) is 0 Å². The molecule has 1 aromatic heterocycles. The lowest BCUT2D eigenvalue weighted by molar-refractivity contribution is 0.356. The molecular formula is C21H16FNO2. The van der Waals surface area contributed by atoms with E-state index in [-0.39, 0.29) is 5.82 Å². The summed E-state index contributed by atoms with van der Waals surface area (Å²) in [6.45, 7) is 0. The van der Waals surface area contributed by atoms with Crippen LogP contribution in [0.4, 0.5) is 4.39 Å². The van der Waals surface area contributed by atoms with Gasteiger partial charge in [-0.15, -0.1) is 0 Å². The van der Waals surface area contributed by atoms with Crippen molar-refractivity contribution in [2.24, 2.45) is 0 Å². The minimum Gasteiger partial charge on any atom is -0.493 e. The zero-order valence-electron chi connectivity index (χ0n) is 13.9. The van der Waals surface area contributed by atoms with Crippen LogP contribution in [0, 0.1) is 5.82 Å². The summed E-state index contributed by atoms with van der Waals surface area (Å²) in [7, 11) is 3.23. The van der Waals surface area contributed by atoms with E-state index < -0.39 is 0 Å². The average Bonchev–Trinajstić information content (AvgIpc) is 2.67. The molecule has 0 atom stereocenters. The van der Waals surface area contributed by atoms with E-state index >= 15 is 0 Å². The zero-order valence-corrected chi connectivity index (χ0v) is 13.9. The highest BCUT2D eigenvalue weighted by molar-refractivity contribution is 6.11. The zero-order chi connectivity index (χ0) is 17.4. The molecule has 0 saturated heterocycles. The van der Waals surface area contributed by atoms with Gasteiger partial charge in [0.15, 0.2) is 11.5 Å². The molecule has 0 fully saturated rings. The second-order valence-corrected chi connectivity index (χ2v) is 5.74. The highest BCUT2D eigenvalue weighted by Gasteiger charge is 2.14. The van der Waals surface area contributed by atoms with Gasteiger partial charge in [0.1, 0.15) is 5.82 Å². The molecule has 0 unspecified atom stereocenters. The third-order valence-electron chi connectivity index (χ3n) is 4.32. The van der Waals surface area contributed by atoms with E-state index in [9.17, 15) is 4.39 Å². The summed E-state index contributed by atoms with van der Waals surface area (Å²) in [6.07, 6.45) is 0. The van der Waals surface area contributed by atoms with Crippen LogP contribution in [-0.4, -0.2) is 19.2 Å². The van der Waals surface area contributed by atoms with Crippen molar-refractivity contribution in [2.45, 2.75) is 0 Å². The predicted octanol–water partition coefficient (Wildman–Crippen LogP) is 5.21. The first-order valence-corrected chi connectivity index (χ1v) is 7.91. The van der Waals surface area contributed by atoms with Crippen LogP contribution in [0.25, 0.3) is 32.9 Å². The number of fused-ring (bicyclic) bond motifs is 3. The number of pyridine rings is 1. The minimum atomic E-state index is -0.270. The molecule has 0 aliphatic carbocycles. The largest absolute Gasteiger partial charge is 0.493 e. The molecule has 4 rings (SSSR count). The molecule has 124 valence electrons. The number of rotatable bonds is 3. The van der Waals surface area contributed by atoms with Crippen molar-refractivity contribution in [3.05, 3.63) is 66.5 Å². The van der Waals surface area contributed by atoms with Gasteiger partial charge >= 0.3 is 0 Å². The molecule has 3 nitrogen and oxygen atoms in total. The van der Waals surface area contributed by atoms with Gasteiger partial charge in [0.2, 0.25) is 0 Å². The highest BCUT2D eigenvalue weighted by Crippen LogP contribution is 2.39. The van der Waals surface area contributed by atoms with E-state index in [1.165, 1.54) is 12.1 Å². The average molecular weight is 333 g/mol. The normalized spacial score (nSPS) is 11.0. The summed E-state index contributed by atoms with van der Waals surface area (Å²) in [6, 6.07) is 18.2. The predicted molar refractivity (Wildman–Crippen MR) is 97.7 cm³/mol. The molecule has 0 bridgehead atoms. The number of hydrogen-bond donors (Lipinski definition) is 0. The quantitative estimate of drug-likeness (QED) is 0.482. The maximum atomic E-state index is 13.3. The van der Waals surface area contributed by atoms with Gasteiger partial charge in [0.25, 0.3) is 0 Å². The van der Waals surface area contributed by atoms with Crippen LogP contribution in [0.15, 0.2) is 60.7 Å². The summed E-state index contributed by atoms with van der Waals surface area (Å²) < 4.78 is 24.2. The Balaban J connectivity index is 2.14. The number of ether oxygens (including phenoxy) is 2. The molecule has 0 aliphatic rings. The van der Waals surface area contributed by atoms with Gasteiger partial charge in [-0.25, -0.2) is 9.37 Å². The number of benzene rings is 3. The molecule has 0 radical (unpaired) electrons. The SMILES string of the molecule is COc1cc2c(-c3ccc(F)cc3)nc3ccccc3c2cc1OC. The van der Waals surface area contributed by atoms with Crippen molar-refractivity contribution in [1.82, 2.24) is 4.98 Å². The van der Waals surface area contributed by atoms with E-state index in [0.29, 0.717) is 11.5 Å². The van der Waals surface area contributed by atoms with Gasteiger partial charge < -0.3 is 9.47 Å². The number of nitrogens with zero attached hydrogens (tertiary/aromatic N) is 1. The molecule has 4 aromatic rings. The van der Waals surface area contributed by atoms with Crippen molar-refractivity contribution < 1.29 is 13.9 Å². The Morgan fingerprint density at radius 1 is 0.760 bits per heavy atom. The molecule has 1 heterocycles. The fourth-order valence-electron chi connectivity index (χ4n) is 3.11. The summed E-state index contributed by atoms with van der Waals surface area (Å²) in [5.74, 6) is 1.03. The molecule has 0 saturated carbocycles. The van der Waals surface area contributed by atoms with Crippen LogP contribution in [0.5, 0.6) is 11.5 Å². The molecule has 0 spiro atoms. The Labute approximate surface area is 144 Å². The number of halogens is 1. The van der Waals surface area contributed by atoms with Crippen molar-refractivity contribution in [3.8, 4) is 22.8 Å². The monoisotopic (exact) mass is 333 g/mol. The fraction of sp³-hybridized carbons (Fsp3) is 0.0952. The van der Waals surface area contributed by atoms with Crippen LogP contribution in [0.2, 0.25) is 0 Å². The summed E-state index contributed by atoms with van der Waals surface area (Å²) in [4.78, 5) is 4.82. The van der Waals surface area contributed by atoms with Gasteiger partial charge in [-0.1, -0.05) is 18.2 Å². The van der Waals surface area contributed by atoms with Crippen molar-refractivity contribution in [1.29, 1.82) is 0 Å². The van der Waals surface area contributed by atoms with Gasteiger partial charge in [-0.05, 0) is 47.9 Å². The molecule has 0 N–H and O–H groups in total. The first-order valence-electron chi connectivity index (χ1n) is 7.91. The lowest BCUT2D eigenvalue weighted by Gasteiger charge is -2.14. The lowest BCUT2D eigenvalue weighted by atomic mass is 9.99. The molecular weight excluding hydrogens is 317 g/mol. The Hall–Kier alpha value is -3.14. The van der Waals surface area contributed by atoms with Crippen molar-refractivity contribution in [3.63, 3.8) is 0 Å². The highest BCUT2D eigenvalue weighted by atomic mass is 19.1. The smallest absolute Gasteiger partial charge is 0.161 e. The van der Waals surface area contributed by atoms with E-state index in [4.69, 9.17) is 14.5 Å². The second-order valence-electron chi connectivity index (χ2n) is 5.74. The fourth-order valence-corrected chi connectivity index (χ4v) is 3.11. The summed E-state index contributed by atoms with van der Waals surface area (Å²) in [5, 5.41) is 2.98. The first-order chi connectivity index (χ1) is 12.2. The minimum absolute atomic E-state index is 0.270. The number of methoxy groups -OCH3 is 2. The molecule has 4 heteroatoms. The van der Waals surface area contributed by atoms with E-state index in [1.54, 1.807) is 26.4 Å². The standard InChI is InChI=1S/C21H16FNO2/c1-24-19-11-16-15-5-3-4-6-18(15)23-21(17(16)12-20(19)25-2)13-7-9-14(22)10-8-13/h3-12H,1-2H3. The van der Waals surface area contributed by atoms with Crippen LogP contribution in [0.3, 0.4) is 0 Å². The van der Waals surface area contributed by atoms with E-state index in [0.717, 1.165) is 32.9 Å². The van der Waals surface area contributed by atoms with Crippen molar-refractivity contribution in [2.75, 3.05) is 14.2 Å². The Morgan fingerprint density at radius 3 is 2.08 bits per heavy atom. The maximum Gasteiger partial charge on any atom is 0.161 e. The topological polar surface area (TPSA) is 31.4 Å². The van der Waals surface area contributed by atoms with E-state index in [2.05, 4.69) is 0 Å². The van der Waals surface area contributed by atoms with Gasteiger partial charge in [0, 0.05) is 16.3 Å². The first kappa shape index (κ1) is 15.4. The molecule has 25 heavy (non-hydrogen) atoms. The Morgan fingerprint density at radius 2 is 1.40 bits per heavy atom. The lowest BCUT2D eigenvalue weighted by Crippen LogP contribution is -1.94. The Bertz CT molecular complexity index is 1070. The van der Waals surface area contributed by atoms with Gasteiger partial charge in [-0.2, -0.15) is 0 Å². The number of aromatic nitrogens is 1. The van der Waals surface area contributed by atoms with Gasteiger partial charge in [-0.3, -0.25) is 0 Å². The Kier molecular flexibility index (Phi) is 3.73. The molecule has 0 amide bonds. The molecule has 0 aliphatic heterocycles. The van der Waals surface area contributed by atoms with E-state index in [1.807, 2.05) is 36.4 Å². The summed E-state index contributed by atoms with van der Waals surface area (Å²) in [5.41, 5.74) is 2.51. The second kappa shape index (κ2) is 6.06. The molecule has 3 aromatic carbocycles. The third-order valence-corrected chi connectivity index (χ3v) is 4.32. The van der Waals surface area contributed by atoms with Crippen molar-refractivity contribution >= 4 is 21.7 Å². The van der Waals surface area contributed by atoms with Crippen LogP contribution in [-0.2, 0) is 0 Å². The maximum absolute atomic E-state index is 13.3. The van der Waals surface area contributed by atoms with Crippen LogP contribution >= 0.6 is 0 Å². The third kappa shape index (κ3) is 2.56. The van der Waals surface area contributed by atoms with Crippen LogP contribution < -0.4 is 9.47 Å².